The largest absolute Gasteiger partial charge is 0.356 e. The average molecular weight is 376 g/mol. The Balaban J connectivity index is -0.000000231. The van der Waals surface area contributed by atoms with Crippen molar-refractivity contribution in [2.75, 3.05) is 5.32 Å². The molecule has 0 aliphatic heterocycles. The van der Waals surface area contributed by atoms with E-state index >= 15 is 0 Å². The number of para-hydroxylation sites is 1. The van der Waals surface area contributed by atoms with Gasteiger partial charge in [-0.15, -0.1) is 0 Å². The van der Waals surface area contributed by atoms with Gasteiger partial charge >= 0.3 is 0 Å². The highest BCUT2D eigenvalue weighted by atomic mass is 16.1. The van der Waals surface area contributed by atoms with E-state index in [4.69, 9.17) is 0 Å². The molecular formula is C25H45NO. The normalized spacial score (nSPS) is 7.81. The lowest BCUT2D eigenvalue weighted by Gasteiger charge is -2.06. The van der Waals surface area contributed by atoms with Crippen molar-refractivity contribution < 1.29 is 4.79 Å². The SMILES string of the molecule is C.C.CC.CC.CC(=O)Cc1ccc(Nc2ccccc2)cc1.CCCC. The highest BCUT2D eigenvalue weighted by Gasteiger charge is 1.98. The van der Waals surface area contributed by atoms with Gasteiger partial charge in [-0.05, 0) is 36.8 Å². The summed E-state index contributed by atoms with van der Waals surface area (Å²) in [5.41, 5.74) is 3.14. The molecule has 0 spiro atoms. The highest BCUT2D eigenvalue weighted by Crippen LogP contribution is 2.16. The topological polar surface area (TPSA) is 29.1 Å². The van der Waals surface area contributed by atoms with Crippen LogP contribution in [0.25, 0.3) is 0 Å². The first-order valence-corrected chi connectivity index (χ1v) is 9.56. The molecule has 0 aliphatic carbocycles. The lowest BCUT2D eigenvalue weighted by molar-refractivity contribution is -0.116. The number of anilines is 2. The quantitative estimate of drug-likeness (QED) is 0.566. The van der Waals surface area contributed by atoms with Crippen molar-refractivity contribution in [3.63, 3.8) is 0 Å². The molecular weight excluding hydrogens is 330 g/mol. The summed E-state index contributed by atoms with van der Waals surface area (Å²) >= 11 is 0. The lowest BCUT2D eigenvalue weighted by atomic mass is 10.1. The zero-order valence-electron chi connectivity index (χ0n) is 17.2. The van der Waals surface area contributed by atoms with Crippen LogP contribution >= 0.6 is 0 Å². The molecule has 0 unspecified atom stereocenters. The lowest BCUT2D eigenvalue weighted by Crippen LogP contribution is -1.96. The molecule has 0 atom stereocenters. The molecule has 2 aromatic carbocycles. The Kier molecular flexibility index (Phi) is 28.8. The summed E-state index contributed by atoms with van der Waals surface area (Å²) in [7, 11) is 0. The number of hydrogen-bond donors (Lipinski definition) is 1. The number of carbonyl (C=O) groups is 1. The average Bonchev–Trinajstić information content (AvgIpc) is 2.67. The number of nitrogens with one attached hydrogen (secondary N) is 1. The van der Waals surface area contributed by atoms with Crippen molar-refractivity contribution in [1.29, 1.82) is 0 Å². The number of hydrogen-bond acceptors (Lipinski definition) is 2. The van der Waals surface area contributed by atoms with E-state index in [9.17, 15) is 4.79 Å². The zero-order chi connectivity index (χ0) is 19.5. The zero-order valence-corrected chi connectivity index (χ0v) is 17.2. The number of rotatable bonds is 5. The van der Waals surface area contributed by atoms with Crippen LogP contribution in [0, 0.1) is 0 Å². The Bertz CT molecular complexity index is 516. The molecule has 1 N–H and O–H groups in total. The summed E-state index contributed by atoms with van der Waals surface area (Å²) in [5, 5.41) is 3.30. The smallest absolute Gasteiger partial charge is 0.134 e. The fourth-order valence-electron chi connectivity index (χ4n) is 1.68. The number of unbranched alkanes of at least 4 members (excludes halogenated alkanes) is 1. The molecule has 2 heteroatoms. The van der Waals surface area contributed by atoms with Gasteiger partial charge < -0.3 is 5.32 Å². The maximum Gasteiger partial charge on any atom is 0.134 e. The monoisotopic (exact) mass is 375 g/mol. The Morgan fingerprint density at radius 1 is 0.741 bits per heavy atom. The third-order valence-corrected chi connectivity index (χ3v) is 2.97. The second kappa shape index (κ2) is 23.9. The maximum atomic E-state index is 11.0. The van der Waals surface area contributed by atoms with Gasteiger partial charge in [-0.25, -0.2) is 0 Å². The van der Waals surface area contributed by atoms with Crippen LogP contribution in [0.4, 0.5) is 11.4 Å². The predicted octanol–water partition coefficient (Wildman–Crippen LogP) is 8.69. The van der Waals surface area contributed by atoms with Crippen LogP contribution in [-0.2, 0) is 11.2 Å². The standard InChI is InChI=1S/C15H15NO.C4H10.2C2H6.2CH4/c1-12(17)11-13-7-9-15(10-8-13)16-14-5-3-2-4-6-14;1-3-4-2;2*1-2;;/h2-10,16H,11H2,1H3;3-4H2,1-2H3;2*1-2H3;2*1H4. The molecule has 156 valence electrons. The molecule has 0 saturated carbocycles. The maximum absolute atomic E-state index is 11.0. The third kappa shape index (κ3) is 18.5. The summed E-state index contributed by atoms with van der Waals surface area (Å²) in [6, 6.07) is 17.9. The molecule has 2 aromatic rings. The van der Waals surface area contributed by atoms with E-state index in [1.54, 1.807) is 6.92 Å². The van der Waals surface area contributed by atoms with Crippen LogP contribution in [0.2, 0.25) is 0 Å². The minimum atomic E-state index is 0. The van der Waals surface area contributed by atoms with Gasteiger partial charge in [-0.1, -0.05) is 99.6 Å². The van der Waals surface area contributed by atoms with Gasteiger partial charge in [0.15, 0.2) is 0 Å². The fraction of sp³-hybridized carbons (Fsp3) is 0.480. The number of benzene rings is 2. The van der Waals surface area contributed by atoms with Crippen molar-refractivity contribution in [2.45, 2.75) is 82.6 Å². The highest BCUT2D eigenvalue weighted by molar-refractivity contribution is 5.78. The Labute approximate surface area is 170 Å². The first-order valence-electron chi connectivity index (χ1n) is 9.56. The van der Waals surface area contributed by atoms with Crippen LogP contribution in [0.15, 0.2) is 54.6 Å². The number of ketones is 1. The molecule has 0 aromatic heterocycles. The van der Waals surface area contributed by atoms with Gasteiger partial charge in [0.05, 0.1) is 0 Å². The van der Waals surface area contributed by atoms with Crippen molar-refractivity contribution in [1.82, 2.24) is 0 Å². The fourth-order valence-corrected chi connectivity index (χ4v) is 1.68. The van der Waals surface area contributed by atoms with Crippen LogP contribution in [-0.4, -0.2) is 5.78 Å². The second-order valence-corrected chi connectivity index (χ2v) is 5.07. The van der Waals surface area contributed by atoms with E-state index in [-0.39, 0.29) is 20.6 Å². The van der Waals surface area contributed by atoms with Crippen molar-refractivity contribution in [3.05, 3.63) is 60.2 Å². The van der Waals surface area contributed by atoms with E-state index in [1.165, 1.54) is 12.8 Å². The predicted molar refractivity (Wildman–Crippen MR) is 127 cm³/mol. The Morgan fingerprint density at radius 3 is 1.52 bits per heavy atom. The van der Waals surface area contributed by atoms with Gasteiger partial charge in [0.2, 0.25) is 0 Å². The van der Waals surface area contributed by atoms with Crippen LogP contribution in [0.3, 0.4) is 0 Å². The van der Waals surface area contributed by atoms with E-state index in [1.807, 2.05) is 82.3 Å². The van der Waals surface area contributed by atoms with E-state index in [0.717, 1.165) is 16.9 Å². The summed E-state index contributed by atoms with van der Waals surface area (Å²) in [6.07, 6.45) is 3.14. The molecule has 27 heavy (non-hydrogen) atoms. The molecule has 0 bridgehead atoms. The molecule has 0 amide bonds. The molecule has 2 rings (SSSR count). The molecule has 0 fully saturated rings. The summed E-state index contributed by atoms with van der Waals surface area (Å²) < 4.78 is 0. The number of carbonyl (C=O) groups excluding carboxylic acids is 1. The van der Waals surface area contributed by atoms with E-state index < -0.39 is 0 Å². The van der Waals surface area contributed by atoms with Crippen molar-refractivity contribution >= 4 is 17.2 Å². The summed E-state index contributed by atoms with van der Waals surface area (Å²) in [6.45, 7) is 14.0. The molecule has 2 nitrogen and oxygen atoms in total. The van der Waals surface area contributed by atoms with Crippen molar-refractivity contribution in [3.8, 4) is 0 Å². The van der Waals surface area contributed by atoms with Gasteiger partial charge in [-0.2, -0.15) is 0 Å². The second-order valence-electron chi connectivity index (χ2n) is 5.07. The van der Waals surface area contributed by atoms with Gasteiger partial charge in [0.25, 0.3) is 0 Å². The van der Waals surface area contributed by atoms with Gasteiger partial charge in [0, 0.05) is 17.8 Å². The van der Waals surface area contributed by atoms with E-state index in [2.05, 4.69) is 19.2 Å². The summed E-state index contributed by atoms with van der Waals surface area (Å²) in [5.74, 6) is 0.189. The Hall–Kier alpha value is -2.09. The third-order valence-electron chi connectivity index (χ3n) is 2.97. The Morgan fingerprint density at radius 2 is 1.15 bits per heavy atom. The van der Waals surface area contributed by atoms with Gasteiger partial charge in [0.1, 0.15) is 5.78 Å². The summed E-state index contributed by atoms with van der Waals surface area (Å²) in [4.78, 5) is 11.0. The molecule has 0 heterocycles. The molecule has 0 radical (unpaired) electrons. The minimum absolute atomic E-state index is 0. The minimum Gasteiger partial charge on any atom is -0.356 e. The van der Waals surface area contributed by atoms with Crippen LogP contribution < -0.4 is 5.32 Å². The van der Waals surface area contributed by atoms with Crippen LogP contribution in [0.1, 0.15) is 81.7 Å². The first kappa shape index (κ1) is 32.6. The molecule has 0 aliphatic rings. The molecule has 0 saturated heterocycles. The van der Waals surface area contributed by atoms with E-state index in [0.29, 0.717) is 6.42 Å². The van der Waals surface area contributed by atoms with Gasteiger partial charge in [-0.3, -0.25) is 4.79 Å². The van der Waals surface area contributed by atoms with Crippen molar-refractivity contribution in [2.24, 2.45) is 0 Å². The first-order chi connectivity index (χ1) is 12.2. The number of Topliss-reactive ketones (excluding diaryl/α,β-unsaturated/α-hetero) is 1. The van der Waals surface area contributed by atoms with Crippen LogP contribution in [0.5, 0.6) is 0 Å².